The summed E-state index contributed by atoms with van der Waals surface area (Å²) in [5.74, 6) is -1.75. The van der Waals surface area contributed by atoms with Crippen molar-refractivity contribution in [3.8, 4) is 0 Å². The van der Waals surface area contributed by atoms with Crippen molar-refractivity contribution in [3.63, 3.8) is 0 Å². The SMILES string of the molecule is Cc1ccc(C(C(=O)NC(C)(C)C)N(CCO)C(=O)C(CCC(N)=O)NC(=O)OC(C)(C)C)cc1. The van der Waals surface area contributed by atoms with Crippen molar-refractivity contribution in [1.82, 2.24) is 15.5 Å². The van der Waals surface area contributed by atoms with E-state index in [1.807, 2.05) is 39.8 Å². The third kappa shape index (κ3) is 10.8. The number of nitrogens with zero attached hydrogens (tertiary/aromatic N) is 1. The van der Waals surface area contributed by atoms with Crippen LogP contribution in [0.3, 0.4) is 0 Å². The summed E-state index contributed by atoms with van der Waals surface area (Å²) >= 11 is 0. The lowest BCUT2D eigenvalue weighted by Crippen LogP contribution is -2.55. The molecule has 1 aromatic rings. The molecule has 2 atom stereocenters. The molecule has 10 heteroatoms. The number of carbonyl (C=O) groups is 4. The van der Waals surface area contributed by atoms with Crippen LogP contribution in [0.25, 0.3) is 0 Å². The van der Waals surface area contributed by atoms with Gasteiger partial charge in [-0.15, -0.1) is 0 Å². The topological polar surface area (TPSA) is 151 Å². The highest BCUT2D eigenvalue weighted by atomic mass is 16.6. The van der Waals surface area contributed by atoms with E-state index in [-0.39, 0.29) is 19.4 Å². The zero-order chi connectivity index (χ0) is 27.0. The molecule has 0 aliphatic rings. The number of amides is 4. The van der Waals surface area contributed by atoms with Crippen molar-refractivity contribution in [1.29, 1.82) is 0 Å². The van der Waals surface area contributed by atoms with Crippen molar-refractivity contribution >= 4 is 23.8 Å². The van der Waals surface area contributed by atoms with Crippen LogP contribution in [0.2, 0.25) is 0 Å². The molecule has 0 fully saturated rings. The summed E-state index contributed by atoms with van der Waals surface area (Å²) in [6.07, 6.45) is -1.13. The molecule has 0 heterocycles. The van der Waals surface area contributed by atoms with Crippen molar-refractivity contribution in [2.75, 3.05) is 13.2 Å². The van der Waals surface area contributed by atoms with Gasteiger partial charge in [-0.2, -0.15) is 0 Å². The van der Waals surface area contributed by atoms with Gasteiger partial charge >= 0.3 is 6.09 Å². The van der Waals surface area contributed by atoms with E-state index in [0.717, 1.165) is 5.56 Å². The van der Waals surface area contributed by atoms with E-state index in [1.165, 1.54) is 4.90 Å². The number of benzene rings is 1. The summed E-state index contributed by atoms with van der Waals surface area (Å²) in [7, 11) is 0. The van der Waals surface area contributed by atoms with Crippen molar-refractivity contribution < 1.29 is 29.0 Å². The highest BCUT2D eigenvalue weighted by Gasteiger charge is 2.37. The first-order chi connectivity index (χ1) is 16.0. The quantitative estimate of drug-likeness (QED) is 0.392. The summed E-state index contributed by atoms with van der Waals surface area (Å²) in [5.41, 5.74) is 5.37. The van der Waals surface area contributed by atoms with E-state index < -0.39 is 53.6 Å². The Morgan fingerprint density at radius 1 is 1.06 bits per heavy atom. The van der Waals surface area contributed by atoms with Gasteiger partial charge in [0.25, 0.3) is 0 Å². The minimum absolute atomic E-state index is 0.100. The zero-order valence-corrected chi connectivity index (χ0v) is 21.8. The molecule has 4 amide bonds. The van der Waals surface area contributed by atoms with E-state index in [1.54, 1.807) is 32.9 Å². The standard InChI is InChI=1S/C25H40N4O6/c1-16-8-10-17(11-9-16)20(21(32)28-24(2,3)4)29(14-15-30)22(33)18(12-13-19(26)31)27-23(34)35-25(5,6)7/h8-11,18,20,30H,12-15H2,1-7H3,(H2,26,31)(H,27,34)(H,28,32). The molecular weight excluding hydrogens is 452 g/mol. The molecule has 0 aliphatic carbocycles. The molecule has 0 radical (unpaired) electrons. The number of carbonyl (C=O) groups excluding carboxylic acids is 4. The number of nitrogens with two attached hydrogens (primary N) is 1. The zero-order valence-electron chi connectivity index (χ0n) is 21.8. The Balaban J connectivity index is 3.44. The highest BCUT2D eigenvalue weighted by molar-refractivity contribution is 5.92. The van der Waals surface area contributed by atoms with Gasteiger partial charge in [0.05, 0.1) is 6.61 Å². The first-order valence-corrected chi connectivity index (χ1v) is 11.6. The number of hydrogen-bond acceptors (Lipinski definition) is 6. The first kappa shape index (κ1) is 29.9. The number of aliphatic hydroxyl groups is 1. The van der Waals surface area contributed by atoms with E-state index in [2.05, 4.69) is 10.6 Å². The average molecular weight is 493 g/mol. The molecule has 0 aromatic heterocycles. The summed E-state index contributed by atoms with van der Waals surface area (Å²) in [4.78, 5) is 52.2. The van der Waals surface area contributed by atoms with Gasteiger partial charge in [0.1, 0.15) is 17.7 Å². The third-order valence-corrected chi connectivity index (χ3v) is 4.74. The molecule has 0 aliphatic heterocycles. The molecule has 1 aromatic carbocycles. The summed E-state index contributed by atoms with van der Waals surface area (Å²) in [6.45, 7) is 11.8. The fraction of sp³-hybridized carbons (Fsp3) is 0.600. The summed E-state index contributed by atoms with van der Waals surface area (Å²) < 4.78 is 5.27. The molecule has 5 N–H and O–H groups in total. The smallest absolute Gasteiger partial charge is 0.408 e. The number of aryl methyl sites for hydroxylation is 1. The van der Waals surface area contributed by atoms with Gasteiger partial charge in [-0.3, -0.25) is 14.4 Å². The van der Waals surface area contributed by atoms with Gasteiger partial charge in [-0.05, 0) is 60.5 Å². The molecule has 0 saturated heterocycles. The van der Waals surface area contributed by atoms with Gasteiger partial charge < -0.3 is 31.1 Å². The van der Waals surface area contributed by atoms with Gasteiger partial charge in [0.15, 0.2) is 0 Å². The second kappa shape index (κ2) is 12.5. The van der Waals surface area contributed by atoms with Crippen molar-refractivity contribution in [3.05, 3.63) is 35.4 Å². The number of rotatable bonds is 10. The fourth-order valence-corrected chi connectivity index (χ4v) is 3.33. The number of ether oxygens (including phenoxy) is 1. The molecule has 0 saturated carbocycles. The van der Waals surface area contributed by atoms with E-state index >= 15 is 0 Å². The Bertz CT molecular complexity index is 887. The van der Waals surface area contributed by atoms with Gasteiger partial charge in [-0.1, -0.05) is 29.8 Å². The molecule has 35 heavy (non-hydrogen) atoms. The largest absolute Gasteiger partial charge is 0.444 e. The Hall–Kier alpha value is -3.14. The third-order valence-electron chi connectivity index (χ3n) is 4.74. The van der Waals surface area contributed by atoms with Crippen LogP contribution < -0.4 is 16.4 Å². The number of nitrogens with one attached hydrogen (secondary N) is 2. The predicted molar refractivity (Wildman–Crippen MR) is 132 cm³/mol. The van der Waals surface area contributed by atoms with Crippen LogP contribution in [-0.4, -0.2) is 64.2 Å². The number of primary amides is 1. The Morgan fingerprint density at radius 2 is 1.63 bits per heavy atom. The normalized spacial score (nSPS) is 13.4. The fourth-order valence-electron chi connectivity index (χ4n) is 3.33. The maximum Gasteiger partial charge on any atom is 0.408 e. The average Bonchev–Trinajstić information content (AvgIpc) is 2.68. The van der Waals surface area contributed by atoms with E-state index in [0.29, 0.717) is 5.56 Å². The Labute approximate surface area is 207 Å². The van der Waals surface area contributed by atoms with Crippen LogP contribution in [-0.2, 0) is 19.1 Å². The van der Waals surface area contributed by atoms with Crippen LogP contribution in [0.1, 0.15) is 71.6 Å². The minimum atomic E-state index is -1.21. The summed E-state index contributed by atoms with van der Waals surface area (Å²) in [6, 6.07) is 4.81. The molecule has 0 bridgehead atoms. The van der Waals surface area contributed by atoms with Crippen LogP contribution in [0, 0.1) is 6.92 Å². The lowest BCUT2D eigenvalue weighted by molar-refractivity contribution is -0.143. The lowest BCUT2D eigenvalue weighted by atomic mass is 9.99. The Kier molecular flexibility index (Phi) is 10.7. The summed E-state index contributed by atoms with van der Waals surface area (Å²) in [5, 5.41) is 15.1. The second-order valence-electron chi connectivity index (χ2n) is 10.5. The lowest BCUT2D eigenvalue weighted by Gasteiger charge is -2.35. The number of alkyl carbamates (subject to hydrolysis) is 1. The first-order valence-electron chi connectivity index (χ1n) is 11.6. The van der Waals surface area contributed by atoms with Crippen LogP contribution >= 0.6 is 0 Å². The molecular formula is C25H40N4O6. The second-order valence-corrected chi connectivity index (χ2v) is 10.5. The monoisotopic (exact) mass is 492 g/mol. The highest BCUT2D eigenvalue weighted by Crippen LogP contribution is 2.24. The van der Waals surface area contributed by atoms with Crippen LogP contribution in [0.15, 0.2) is 24.3 Å². The van der Waals surface area contributed by atoms with Crippen molar-refractivity contribution in [2.45, 2.75) is 84.5 Å². The van der Waals surface area contributed by atoms with E-state index in [4.69, 9.17) is 10.5 Å². The minimum Gasteiger partial charge on any atom is -0.444 e. The molecule has 196 valence electrons. The maximum atomic E-state index is 13.7. The molecule has 0 spiro atoms. The van der Waals surface area contributed by atoms with Crippen LogP contribution in [0.5, 0.6) is 0 Å². The maximum absolute atomic E-state index is 13.7. The Morgan fingerprint density at radius 3 is 2.09 bits per heavy atom. The van der Waals surface area contributed by atoms with Gasteiger partial charge in [-0.25, -0.2) is 4.79 Å². The molecule has 2 unspecified atom stereocenters. The van der Waals surface area contributed by atoms with Crippen molar-refractivity contribution in [2.24, 2.45) is 5.73 Å². The van der Waals surface area contributed by atoms with Crippen LogP contribution in [0.4, 0.5) is 4.79 Å². The predicted octanol–water partition coefficient (Wildman–Crippen LogP) is 1.93. The molecule has 1 rings (SSSR count). The van der Waals surface area contributed by atoms with E-state index in [9.17, 15) is 24.3 Å². The van der Waals surface area contributed by atoms with Gasteiger partial charge in [0.2, 0.25) is 17.7 Å². The molecule has 10 nitrogen and oxygen atoms in total. The number of aliphatic hydroxyl groups excluding tert-OH is 1. The number of hydrogen-bond donors (Lipinski definition) is 4. The van der Waals surface area contributed by atoms with Gasteiger partial charge in [0, 0.05) is 18.5 Å².